The third kappa shape index (κ3) is 3.60. The molecule has 0 fully saturated rings. The highest BCUT2D eigenvalue weighted by Gasteiger charge is 2.29. The molecule has 3 heterocycles. The number of nitrogens with zero attached hydrogens (tertiary/aromatic N) is 5. The molecule has 10 rings (SSSR count). The highest BCUT2D eigenvalue weighted by atomic mass is 15.3. The minimum Gasteiger partial charge on any atom is -0.278 e. The fraction of sp³-hybridized carbons (Fsp3) is 0. The van der Waals surface area contributed by atoms with E-state index < -0.39 is 0 Å². The molecule has 0 saturated carbocycles. The van der Waals surface area contributed by atoms with Crippen LogP contribution in [0.3, 0.4) is 0 Å². The molecule has 0 unspecified atom stereocenters. The number of para-hydroxylation sites is 2. The van der Waals surface area contributed by atoms with Gasteiger partial charge in [0.15, 0.2) is 5.82 Å². The largest absolute Gasteiger partial charge is 0.278 e. The summed E-state index contributed by atoms with van der Waals surface area (Å²) in [5, 5.41) is 7.05. The molecule has 0 N–H and O–H groups in total. The molecule has 0 bridgehead atoms. The van der Waals surface area contributed by atoms with Crippen LogP contribution < -0.4 is 4.90 Å². The second-order valence-electron chi connectivity index (χ2n) is 11.7. The summed E-state index contributed by atoms with van der Waals surface area (Å²) in [5.74, 6) is 1.77. The van der Waals surface area contributed by atoms with Crippen molar-refractivity contribution in [2.45, 2.75) is 0 Å². The first kappa shape index (κ1) is 25.0. The Labute approximate surface area is 264 Å². The van der Waals surface area contributed by atoms with Crippen LogP contribution in [-0.2, 0) is 0 Å². The summed E-state index contributed by atoms with van der Waals surface area (Å²) in [6.45, 7) is 0. The van der Waals surface area contributed by atoms with Crippen molar-refractivity contribution in [1.82, 2.24) is 19.5 Å². The number of hydrogen-bond acceptors (Lipinski definition) is 4. The maximum atomic E-state index is 5.33. The molecule has 0 radical (unpaired) electrons. The lowest BCUT2D eigenvalue weighted by Crippen LogP contribution is -2.19. The van der Waals surface area contributed by atoms with Crippen LogP contribution in [0.15, 0.2) is 152 Å². The number of fused-ring (bicyclic) bond motifs is 6. The van der Waals surface area contributed by atoms with Gasteiger partial charge in [0.2, 0.25) is 11.9 Å². The van der Waals surface area contributed by atoms with E-state index in [2.05, 4.69) is 143 Å². The summed E-state index contributed by atoms with van der Waals surface area (Å²) >= 11 is 0. The van der Waals surface area contributed by atoms with Crippen molar-refractivity contribution in [3.05, 3.63) is 152 Å². The van der Waals surface area contributed by atoms with Gasteiger partial charge in [-0.25, -0.2) is 0 Å². The summed E-state index contributed by atoms with van der Waals surface area (Å²) in [5.41, 5.74) is 7.50. The zero-order valence-corrected chi connectivity index (χ0v) is 24.7. The van der Waals surface area contributed by atoms with E-state index in [0.29, 0.717) is 17.7 Å². The smallest absolute Gasteiger partial charge is 0.240 e. The first-order chi connectivity index (χ1) is 22.8. The molecule has 2 aromatic heterocycles. The van der Waals surface area contributed by atoms with Crippen molar-refractivity contribution in [2.24, 2.45) is 0 Å². The Bertz CT molecular complexity index is 2600. The Balaban J connectivity index is 1.33. The van der Waals surface area contributed by atoms with Crippen molar-refractivity contribution >= 4 is 60.7 Å². The molecule has 5 heteroatoms. The average molecular weight is 588 g/mol. The number of benzene rings is 7. The van der Waals surface area contributed by atoms with Crippen LogP contribution in [0.25, 0.3) is 71.8 Å². The maximum absolute atomic E-state index is 5.33. The Kier molecular flexibility index (Phi) is 5.22. The zero-order valence-electron chi connectivity index (χ0n) is 24.7. The molecular formula is C41H25N5. The van der Waals surface area contributed by atoms with E-state index in [1.165, 1.54) is 21.7 Å². The highest BCUT2D eigenvalue weighted by molar-refractivity contribution is 6.15. The summed E-state index contributed by atoms with van der Waals surface area (Å²) in [4.78, 5) is 17.9. The Morgan fingerprint density at radius 1 is 0.413 bits per heavy atom. The standard InChI is InChI=1S/C41H25N5/c1-2-12-27(13-3-1)39-42-40(45-34-21-8-6-18-30(34)31-19-7-9-22-35(31)45)44-41(43-39)46-36-23-11-17-26-16-10-20-32(38(26)36)33-24-28-14-4-5-15-29(28)25-37(33)46/h1-25H. The fourth-order valence-corrected chi connectivity index (χ4v) is 7.11. The van der Waals surface area contributed by atoms with Crippen molar-refractivity contribution in [3.8, 4) is 28.5 Å². The zero-order chi connectivity index (χ0) is 30.2. The number of hydrogen-bond donors (Lipinski definition) is 0. The van der Waals surface area contributed by atoms with Gasteiger partial charge in [-0.15, -0.1) is 0 Å². The highest BCUT2D eigenvalue weighted by Crippen LogP contribution is 2.51. The second kappa shape index (κ2) is 9.58. The fourth-order valence-electron chi connectivity index (χ4n) is 7.11. The Morgan fingerprint density at radius 3 is 1.78 bits per heavy atom. The van der Waals surface area contributed by atoms with E-state index in [1.54, 1.807) is 0 Å². The lowest BCUT2D eigenvalue weighted by atomic mass is 9.90. The molecule has 1 aliphatic rings. The number of rotatable bonds is 3. The lowest BCUT2D eigenvalue weighted by Gasteiger charge is -2.32. The van der Waals surface area contributed by atoms with Gasteiger partial charge in [0, 0.05) is 27.3 Å². The molecule has 0 aliphatic carbocycles. The Hall–Kier alpha value is -6.33. The molecule has 0 spiro atoms. The molecule has 0 atom stereocenters. The van der Waals surface area contributed by atoms with E-state index in [-0.39, 0.29) is 0 Å². The minimum atomic E-state index is 0.573. The van der Waals surface area contributed by atoms with Crippen LogP contribution in [-0.4, -0.2) is 19.5 Å². The first-order valence-corrected chi connectivity index (χ1v) is 15.5. The van der Waals surface area contributed by atoms with Crippen LogP contribution in [0.5, 0.6) is 0 Å². The normalized spacial score (nSPS) is 12.3. The maximum Gasteiger partial charge on any atom is 0.240 e. The van der Waals surface area contributed by atoms with Crippen LogP contribution in [0.2, 0.25) is 0 Å². The molecule has 0 amide bonds. The van der Waals surface area contributed by atoms with Gasteiger partial charge in [-0.2, -0.15) is 15.0 Å². The van der Waals surface area contributed by atoms with Crippen molar-refractivity contribution < 1.29 is 0 Å². The quantitative estimate of drug-likeness (QED) is 0.206. The second-order valence-corrected chi connectivity index (χ2v) is 11.7. The Morgan fingerprint density at radius 2 is 1.02 bits per heavy atom. The van der Waals surface area contributed by atoms with Crippen molar-refractivity contribution in [3.63, 3.8) is 0 Å². The van der Waals surface area contributed by atoms with Gasteiger partial charge >= 0.3 is 0 Å². The summed E-state index contributed by atoms with van der Waals surface area (Å²) < 4.78 is 2.17. The number of aromatic nitrogens is 4. The molecule has 214 valence electrons. The molecule has 7 aromatic carbocycles. The summed E-state index contributed by atoms with van der Waals surface area (Å²) in [6.07, 6.45) is 0. The predicted molar refractivity (Wildman–Crippen MR) is 188 cm³/mol. The van der Waals surface area contributed by atoms with Crippen LogP contribution in [0, 0.1) is 0 Å². The molecule has 5 nitrogen and oxygen atoms in total. The summed E-state index contributed by atoms with van der Waals surface area (Å²) in [6, 6.07) is 53.2. The van der Waals surface area contributed by atoms with E-state index in [1.807, 2.05) is 18.2 Å². The van der Waals surface area contributed by atoms with E-state index in [4.69, 9.17) is 15.0 Å². The van der Waals surface area contributed by atoms with Crippen LogP contribution >= 0.6 is 0 Å². The van der Waals surface area contributed by atoms with Crippen LogP contribution in [0.1, 0.15) is 0 Å². The van der Waals surface area contributed by atoms with Gasteiger partial charge in [-0.3, -0.25) is 9.47 Å². The SMILES string of the molecule is c1ccc(-c2nc(N3c4cc5ccccc5cc4-c4cccc5cccc3c45)nc(-n3c4ccccc4c4ccccc43)n2)cc1. The molecular weight excluding hydrogens is 562 g/mol. The molecule has 0 saturated heterocycles. The van der Waals surface area contributed by atoms with Crippen molar-refractivity contribution in [1.29, 1.82) is 0 Å². The van der Waals surface area contributed by atoms with Gasteiger partial charge in [-0.1, -0.05) is 121 Å². The van der Waals surface area contributed by atoms with Gasteiger partial charge in [-0.05, 0) is 52.1 Å². The third-order valence-electron chi connectivity index (χ3n) is 9.14. The third-order valence-corrected chi connectivity index (χ3v) is 9.14. The predicted octanol–water partition coefficient (Wildman–Crippen LogP) is 10.4. The average Bonchev–Trinajstić information content (AvgIpc) is 3.46. The van der Waals surface area contributed by atoms with E-state index >= 15 is 0 Å². The van der Waals surface area contributed by atoms with Gasteiger partial charge in [0.1, 0.15) is 0 Å². The van der Waals surface area contributed by atoms with Gasteiger partial charge < -0.3 is 0 Å². The van der Waals surface area contributed by atoms with E-state index in [0.717, 1.165) is 49.7 Å². The minimum absolute atomic E-state index is 0.573. The number of anilines is 3. The van der Waals surface area contributed by atoms with Crippen molar-refractivity contribution in [2.75, 3.05) is 4.90 Å². The monoisotopic (exact) mass is 587 g/mol. The van der Waals surface area contributed by atoms with Gasteiger partial charge in [0.25, 0.3) is 0 Å². The first-order valence-electron chi connectivity index (χ1n) is 15.5. The molecule has 1 aliphatic heterocycles. The van der Waals surface area contributed by atoms with E-state index in [9.17, 15) is 0 Å². The summed E-state index contributed by atoms with van der Waals surface area (Å²) in [7, 11) is 0. The van der Waals surface area contributed by atoms with Gasteiger partial charge in [0.05, 0.1) is 22.4 Å². The molecule has 46 heavy (non-hydrogen) atoms. The van der Waals surface area contributed by atoms with Crippen LogP contribution in [0.4, 0.5) is 17.3 Å². The lowest BCUT2D eigenvalue weighted by molar-refractivity contribution is 0.933. The molecule has 9 aromatic rings. The topological polar surface area (TPSA) is 46.8 Å².